The van der Waals surface area contributed by atoms with Crippen LogP contribution in [0.4, 0.5) is 11.1 Å². The van der Waals surface area contributed by atoms with Crippen LogP contribution in [0.2, 0.25) is 0 Å². The van der Waals surface area contributed by atoms with Crippen LogP contribution < -0.4 is 20.5 Å². The minimum absolute atomic E-state index is 0.120. The Kier molecular flexibility index (Phi) is 6.56. The summed E-state index contributed by atoms with van der Waals surface area (Å²) in [7, 11) is 3.08. The van der Waals surface area contributed by atoms with Gasteiger partial charge in [0.1, 0.15) is 11.3 Å². The number of nitriles is 1. The van der Waals surface area contributed by atoms with Gasteiger partial charge in [0.05, 0.1) is 36.6 Å². The number of amides is 1. The standard InChI is InChI=1S/C25H23N7O4S/c1-31-13-18(16-9-14(11-26)3-4-20(16)36-2)17(10-21(31)34)22(35)29-25-28-19-12-27-24(30-23(19)37-25)32-7-5-15(33)6-8-32/h3-4,9-10,12-13,15,33H,5-8H2,1-2H3,(H,28,29,35). The van der Waals surface area contributed by atoms with Crippen LogP contribution in [0, 0.1) is 11.3 Å². The van der Waals surface area contributed by atoms with E-state index in [2.05, 4.69) is 26.3 Å². The zero-order valence-electron chi connectivity index (χ0n) is 20.1. The molecule has 4 heterocycles. The maximum Gasteiger partial charge on any atom is 0.258 e. The molecule has 0 radical (unpaired) electrons. The molecule has 5 rings (SSSR count). The number of nitrogens with one attached hydrogen (secondary N) is 1. The number of aliphatic hydroxyl groups excluding tert-OH is 1. The van der Waals surface area contributed by atoms with E-state index in [1.165, 1.54) is 29.1 Å². The van der Waals surface area contributed by atoms with Gasteiger partial charge in [0.2, 0.25) is 5.95 Å². The van der Waals surface area contributed by atoms with Crippen LogP contribution in [0.15, 0.2) is 41.5 Å². The van der Waals surface area contributed by atoms with Crippen molar-refractivity contribution in [3.05, 3.63) is 58.1 Å². The van der Waals surface area contributed by atoms with Gasteiger partial charge in [0.25, 0.3) is 11.5 Å². The normalized spacial score (nSPS) is 13.9. The van der Waals surface area contributed by atoms with Crippen molar-refractivity contribution in [3.8, 4) is 22.9 Å². The number of anilines is 2. The van der Waals surface area contributed by atoms with Crippen LogP contribution in [-0.2, 0) is 7.05 Å². The fraction of sp³-hybridized carbons (Fsp3) is 0.280. The lowest BCUT2D eigenvalue weighted by molar-refractivity contribution is 0.102. The number of fused-ring (bicyclic) bond motifs is 1. The van der Waals surface area contributed by atoms with Crippen molar-refractivity contribution in [2.24, 2.45) is 7.05 Å². The number of carbonyl (C=O) groups is 1. The number of rotatable bonds is 5. The molecule has 188 valence electrons. The molecule has 3 aromatic heterocycles. The monoisotopic (exact) mass is 517 g/mol. The maximum atomic E-state index is 13.4. The van der Waals surface area contributed by atoms with Gasteiger partial charge in [-0.2, -0.15) is 10.2 Å². The minimum Gasteiger partial charge on any atom is -0.496 e. The molecule has 1 amide bonds. The summed E-state index contributed by atoms with van der Waals surface area (Å²) in [5, 5.41) is 22.2. The number of carbonyl (C=O) groups excluding carboxylic acids is 1. The zero-order chi connectivity index (χ0) is 26.1. The van der Waals surface area contributed by atoms with Crippen LogP contribution in [0.25, 0.3) is 21.5 Å². The van der Waals surface area contributed by atoms with E-state index in [-0.39, 0.29) is 17.2 Å². The van der Waals surface area contributed by atoms with Gasteiger partial charge in [0.15, 0.2) is 9.96 Å². The molecule has 12 heteroatoms. The SMILES string of the molecule is COc1ccc(C#N)cc1-c1cn(C)c(=O)cc1C(=O)Nc1nc2cnc(N3CCC(O)CC3)nc2s1. The second-order valence-electron chi connectivity index (χ2n) is 8.63. The molecule has 37 heavy (non-hydrogen) atoms. The molecule has 0 unspecified atom stereocenters. The van der Waals surface area contributed by atoms with Gasteiger partial charge in [-0.25, -0.2) is 9.97 Å². The number of hydrogen-bond donors (Lipinski definition) is 2. The first kappa shape index (κ1) is 24.4. The number of methoxy groups -OCH3 is 1. The molecule has 4 aromatic rings. The summed E-state index contributed by atoms with van der Waals surface area (Å²) in [5.41, 5.74) is 1.62. The molecular weight excluding hydrogens is 494 g/mol. The van der Waals surface area contributed by atoms with Gasteiger partial charge >= 0.3 is 0 Å². The molecule has 2 N–H and O–H groups in total. The van der Waals surface area contributed by atoms with Crippen molar-refractivity contribution >= 4 is 38.7 Å². The topological polar surface area (TPSA) is 146 Å². The summed E-state index contributed by atoms with van der Waals surface area (Å²) in [6, 6.07) is 8.21. The molecule has 1 fully saturated rings. The number of piperidine rings is 1. The van der Waals surface area contributed by atoms with Crippen LogP contribution in [0.3, 0.4) is 0 Å². The number of ether oxygens (including phenoxy) is 1. The van der Waals surface area contributed by atoms with E-state index in [9.17, 15) is 20.0 Å². The van der Waals surface area contributed by atoms with Gasteiger partial charge in [-0.15, -0.1) is 0 Å². The summed E-state index contributed by atoms with van der Waals surface area (Å²) in [6.45, 7) is 1.33. The first-order valence-corrected chi connectivity index (χ1v) is 12.3. The number of thiazole rings is 1. The van der Waals surface area contributed by atoms with Crippen LogP contribution >= 0.6 is 11.3 Å². The molecular formula is C25H23N7O4S. The van der Waals surface area contributed by atoms with Gasteiger partial charge in [-0.1, -0.05) is 11.3 Å². The van der Waals surface area contributed by atoms with E-state index in [1.807, 2.05) is 4.90 Å². The van der Waals surface area contributed by atoms with Gasteiger partial charge in [-0.3, -0.25) is 14.9 Å². The Morgan fingerprint density at radius 3 is 2.76 bits per heavy atom. The van der Waals surface area contributed by atoms with Crippen molar-refractivity contribution in [1.29, 1.82) is 5.26 Å². The maximum absolute atomic E-state index is 13.4. The molecule has 0 atom stereocenters. The lowest BCUT2D eigenvalue weighted by Crippen LogP contribution is -2.36. The van der Waals surface area contributed by atoms with Crippen LogP contribution in [0.5, 0.6) is 5.75 Å². The zero-order valence-corrected chi connectivity index (χ0v) is 20.9. The molecule has 1 saturated heterocycles. The van der Waals surface area contributed by atoms with E-state index in [0.29, 0.717) is 69.8 Å². The Labute approximate surface area is 215 Å². The summed E-state index contributed by atoms with van der Waals surface area (Å²) in [5.74, 6) is 0.480. The van der Waals surface area contributed by atoms with E-state index >= 15 is 0 Å². The number of hydrogen-bond acceptors (Lipinski definition) is 10. The Balaban J connectivity index is 1.48. The largest absolute Gasteiger partial charge is 0.496 e. The first-order chi connectivity index (χ1) is 17.9. The van der Waals surface area contributed by atoms with E-state index in [0.717, 1.165) is 0 Å². The van der Waals surface area contributed by atoms with Crippen LogP contribution in [-0.4, -0.2) is 56.8 Å². The van der Waals surface area contributed by atoms with Crippen molar-refractivity contribution in [1.82, 2.24) is 19.5 Å². The highest BCUT2D eigenvalue weighted by molar-refractivity contribution is 7.22. The molecule has 0 saturated carbocycles. The van der Waals surface area contributed by atoms with Gasteiger partial charge < -0.3 is 19.3 Å². The Morgan fingerprint density at radius 1 is 1.24 bits per heavy atom. The Bertz CT molecular complexity index is 1600. The van der Waals surface area contributed by atoms with Crippen molar-refractivity contribution < 1.29 is 14.6 Å². The van der Waals surface area contributed by atoms with E-state index in [4.69, 9.17) is 4.74 Å². The number of benzene rings is 1. The first-order valence-electron chi connectivity index (χ1n) is 11.5. The lowest BCUT2D eigenvalue weighted by Gasteiger charge is -2.29. The van der Waals surface area contributed by atoms with Gasteiger partial charge in [0, 0.05) is 43.5 Å². The molecule has 11 nitrogen and oxygen atoms in total. The van der Waals surface area contributed by atoms with Crippen molar-refractivity contribution in [3.63, 3.8) is 0 Å². The fourth-order valence-electron chi connectivity index (χ4n) is 4.18. The number of aliphatic hydroxyl groups is 1. The molecule has 1 aliphatic rings. The fourth-order valence-corrected chi connectivity index (χ4v) is 4.98. The number of aryl methyl sites for hydroxylation is 1. The predicted molar refractivity (Wildman–Crippen MR) is 139 cm³/mol. The highest BCUT2D eigenvalue weighted by Gasteiger charge is 2.22. The molecule has 1 aromatic carbocycles. The minimum atomic E-state index is -0.533. The van der Waals surface area contributed by atoms with E-state index < -0.39 is 5.91 Å². The third kappa shape index (κ3) is 4.87. The van der Waals surface area contributed by atoms with E-state index in [1.54, 1.807) is 37.6 Å². The molecule has 1 aliphatic heterocycles. The lowest BCUT2D eigenvalue weighted by atomic mass is 9.98. The average molecular weight is 518 g/mol. The third-order valence-electron chi connectivity index (χ3n) is 6.20. The Hall–Kier alpha value is -4.34. The third-order valence-corrected chi connectivity index (χ3v) is 7.08. The Morgan fingerprint density at radius 2 is 2.03 bits per heavy atom. The highest BCUT2D eigenvalue weighted by atomic mass is 32.1. The summed E-state index contributed by atoms with van der Waals surface area (Å²) >= 11 is 1.20. The summed E-state index contributed by atoms with van der Waals surface area (Å²) in [4.78, 5) is 41.9. The second-order valence-corrected chi connectivity index (χ2v) is 9.61. The smallest absolute Gasteiger partial charge is 0.258 e. The van der Waals surface area contributed by atoms with Crippen molar-refractivity contribution in [2.45, 2.75) is 18.9 Å². The average Bonchev–Trinajstić information content (AvgIpc) is 3.31. The highest BCUT2D eigenvalue weighted by Crippen LogP contribution is 2.33. The van der Waals surface area contributed by atoms with Crippen molar-refractivity contribution in [2.75, 3.05) is 30.4 Å². The van der Waals surface area contributed by atoms with Crippen LogP contribution in [0.1, 0.15) is 28.8 Å². The molecule has 0 bridgehead atoms. The second kappa shape index (κ2) is 9.96. The number of pyridine rings is 1. The molecule has 0 aliphatic carbocycles. The van der Waals surface area contributed by atoms with Gasteiger partial charge in [-0.05, 0) is 31.0 Å². The quantitative estimate of drug-likeness (QED) is 0.408. The molecule has 0 spiro atoms. The summed E-state index contributed by atoms with van der Waals surface area (Å²) < 4.78 is 6.82. The number of nitrogens with zero attached hydrogens (tertiary/aromatic N) is 6. The number of aromatic nitrogens is 4. The summed E-state index contributed by atoms with van der Waals surface area (Å²) in [6.07, 6.45) is 4.17. The predicted octanol–water partition coefficient (Wildman–Crippen LogP) is 2.55.